The zero-order valence-electron chi connectivity index (χ0n) is 24.1. The normalized spacial score (nSPS) is 33.8. The van der Waals surface area contributed by atoms with Crippen LogP contribution < -0.4 is 4.90 Å². The van der Waals surface area contributed by atoms with Gasteiger partial charge in [0.05, 0.1) is 22.9 Å². The van der Waals surface area contributed by atoms with Crippen LogP contribution in [0.3, 0.4) is 0 Å². The van der Waals surface area contributed by atoms with Gasteiger partial charge in [0.25, 0.3) is 5.89 Å². The molecular weight excluding hydrogens is 523 g/mol. The Hall–Kier alpha value is -3.17. The van der Waals surface area contributed by atoms with E-state index < -0.39 is 11.1 Å². The molecule has 3 aromatic rings. The van der Waals surface area contributed by atoms with Crippen molar-refractivity contribution < 1.29 is 18.2 Å². The van der Waals surface area contributed by atoms with Crippen molar-refractivity contribution >= 4 is 11.6 Å². The molecule has 0 radical (unpaired) electrons. The molecule has 7 aliphatic carbocycles. The Morgan fingerprint density at radius 1 is 1.00 bits per heavy atom. The minimum Gasteiger partial charge on any atom is -0.339 e. The number of anilines is 1. The van der Waals surface area contributed by atoms with Crippen LogP contribution in [0.5, 0.6) is 0 Å². The summed E-state index contributed by atoms with van der Waals surface area (Å²) in [5.41, 5.74) is -0.545. The van der Waals surface area contributed by atoms with E-state index in [1.807, 2.05) is 11.0 Å². The Morgan fingerprint density at radius 2 is 1.71 bits per heavy atom. The van der Waals surface area contributed by atoms with Crippen LogP contribution in [0.1, 0.15) is 115 Å². The van der Waals surface area contributed by atoms with E-state index in [4.69, 9.17) is 14.0 Å². The molecular formula is C31H37FN6O3. The number of nitrogens with zero attached hydrogens (tertiary/aromatic N) is 6. The predicted molar refractivity (Wildman–Crippen MR) is 147 cm³/mol. The van der Waals surface area contributed by atoms with Crippen molar-refractivity contribution in [1.82, 2.24) is 25.3 Å². The Morgan fingerprint density at radius 3 is 2.32 bits per heavy atom. The fourth-order valence-electron chi connectivity index (χ4n) is 7.92. The van der Waals surface area contributed by atoms with Gasteiger partial charge in [0, 0.05) is 29.5 Å². The summed E-state index contributed by atoms with van der Waals surface area (Å²) in [4.78, 5) is 30.0. The van der Waals surface area contributed by atoms with E-state index in [2.05, 4.69) is 41.1 Å². The number of amides is 1. The van der Waals surface area contributed by atoms with Gasteiger partial charge in [-0.25, -0.2) is 4.39 Å². The quantitative estimate of drug-likeness (QED) is 0.336. The van der Waals surface area contributed by atoms with E-state index in [-0.39, 0.29) is 22.2 Å². The maximum Gasteiger partial charge on any atom is 0.259 e. The summed E-state index contributed by atoms with van der Waals surface area (Å²) in [7, 11) is 0. The fourth-order valence-corrected chi connectivity index (χ4v) is 7.92. The highest BCUT2D eigenvalue weighted by molar-refractivity contribution is 6.00. The van der Waals surface area contributed by atoms with Crippen LogP contribution in [-0.2, 0) is 15.6 Å². The molecule has 216 valence electrons. The van der Waals surface area contributed by atoms with E-state index >= 15 is 0 Å². The lowest BCUT2D eigenvalue weighted by atomic mass is 9.41. The summed E-state index contributed by atoms with van der Waals surface area (Å²) in [5, 5.41) is 8.59. The molecule has 0 spiro atoms. The van der Waals surface area contributed by atoms with Gasteiger partial charge in [0.15, 0.2) is 11.6 Å². The lowest BCUT2D eigenvalue weighted by Gasteiger charge is -2.65. The van der Waals surface area contributed by atoms with Gasteiger partial charge in [0.1, 0.15) is 5.67 Å². The minimum absolute atomic E-state index is 0.00935. The van der Waals surface area contributed by atoms with Crippen LogP contribution in [0.2, 0.25) is 0 Å². The van der Waals surface area contributed by atoms with Crippen LogP contribution in [0, 0.1) is 10.8 Å². The van der Waals surface area contributed by atoms with Crippen LogP contribution in [0.4, 0.5) is 10.1 Å². The van der Waals surface area contributed by atoms with Crippen LogP contribution in [-0.4, -0.2) is 43.4 Å². The zero-order valence-corrected chi connectivity index (χ0v) is 24.1. The third-order valence-corrected chi connectivity index (χ3v) is 10.8. The number of alkyl halides is 1. The van der Waals surface area contributed by atoms with Gasteiger partial charge in [-0.05, 0) is 82.1 Å². The summed E-state index contributed by atoms with van der Waals surface area (Å²) in [6.45, 7) is 6.87. The number of pyridine rings is 1. The van der Waals surface area contributed by atoms with E-state index in [0.29, 0.717) is 49.1 Å². The highest BCUT2D eigenvalue weighted by Gasteiger charge is 2.73. The molecule has 0 N–H and O–H groups in total. The minimum atomic E-state index is -1.14. The number of fused-ring (bicyclic) bond motifs is 3. The third kappa shape index (κ3) is 3.99. The molecule has 7 fully saturated rings. The van der Waals surface area contributed by atoms with Gasteiger partial charge in [-0.1, -0.05) is 31.1 Å². The van der Waals surface area contributed by atoms with Gasteiger partial charge in [-0.3, -0.25) is 9.78 Å². The Kier molecular flexibility index (Phi) is 5.12. The molecule has 0 aliphatic heterocycles. The van der Waals surface area contributed by atoms with E-state index in [0.717, 1.165) is 68.7 Å². The van der Waals surface area contributed by atoms with Gasteiger partial charge >= 0.3 is 0 Å². The van der Waals surface area contributed by atoms with E-state index in [1.54, 1.807) is 12.4 Å². The lowest BCUT2D eigenvalue weighted by Crippen LogP contribution is -2.71. The monoisotopic (exact) mass is 560 g/mol. The highest BCUT2D eigenvalue weighted by atomic mass is 19.1. The first-order valence-electron chi connectivity index (χ1n) is 15.1. The molecule has 0 atom stereocenters. The topological polar surface area (TPSA) is 111 Å². The Balaban J connectivity index is 1.07. The second-order valence-electron chi connectivity index (χ2n) is 15.0. The second kappa shape index (κ2) is 8.22. The maximum atomic E-state index is 14.6. The molecule has 9 nitrogen and oxygen atoms in total. The zero-order chi connectivity index (χ0) is 28.3. The van der Waals surface area contributed by atoms with Crippen molar-refractivity contribution in [1.29, 1.82) is 0 Å². The molecule has 7 saturated carbocycles. The summed E-state index contributed by atoms with van der Waals surface area (Å²) in [6, 6.07) is 1.94. The third-order valence-electron chi connectivity index (χ3n) is 10.8. The number of hydrogen-bond acceptors (Lipinski definition) is 8. The molecule has 0 aromatic carbocycles. The summed E-state index contributed by atoms with van der Waals surface area (Å²) >= 11 is 0. The molecule has 41 heavy (non-hydrogen) atoms. The molecule has 10 rings (SSSR count). The first kappa shape index (κ1) is 25.5. The first-order chi connectivity index (χ1) is 19.5. The van der Waals surface area contributed by atoms with Crippen molar-refractivity contribution in [2.24, 2.45) is 10.8 Å². The summed E-state index contributed by atoms with van der Waals surface area (Å²) in [5.74, 6) is 3.11. The number of carbonyl (C=O) groups excluding carboxylic acids is 1. The molecule has 7 aliphatic rings. The molecule has 3 heterocycles. The van der Waals surface area contributed by atoms with Crippen molar-refractivity contribution in [3.05, 3.63) is 36.0 Å². The fraction of sp³-hybridized carbons (Fsp3) is 0.677. The second-order valence-corrected chi connectivity index (χ2v) is 15.0. The number of hydrogen-bond donors (Lipinski definition) is 0. The molecule has 0 saturated heterocycles. The molecule has 4 bridgehead atoms. The van der Waals surface area contributed by atoms with Crippen molar-refractivity contribution in [2.75, 3.05) is 11.4 Å². The van der Waals surface area contributed by atoms with Crippen LogP contribution >= 0.6 is 0 Å². The van der Waals surface area contributed by atoms with Crippen LogP contribution in [0.15, 0.2) is 27.5 Å². The maximum absolute atomic E-state index is 14.6. The molecule has 0 unspecified atom stereocenters. The highest BCUT2D eigenvalue weighted by Crippen LogP contribution is 2.70. The van der Waals surface area contributed by atoms with E-state index in [9.17, 15) is 9.18 Å². The van der Waals surface area contributed by atoms with E-state index in [1.165, 1.54) is 0 Å². The smallest absolute Gasteiger partial charge is 0.259 e. The van der Waals surface area contributed by atoms with Gasteiger partial charge in [-0.2, -0.15) is 9.97 Å². The number of halogens is 1. The number of aromatic nitrogens is 5. The summed E-state index contributed by atoms with van der Waals surface area (Å²) < 4.78 is 25.8. The largest absolute Gasteiger partial charge is 0.339 e. The molecule has 10 heteroatoms. The van der Waals surface area contributed by atoms with Gasteiger partial charge in [0.2, 0.25) is 11.8 Å². The first-order valence-corrected chi connectivity index (χ1v) is 15.1. The standard InChI is InChI=1S/C31H37FN6O3/c1-27(2,3)25-35-24(37-41-25)29-9-6-28(7-10-29,8-11-29)18-38(26(39)30-15-31(32,16-30)17-30)21-12-20(13-33-14-21)23-34-22(36-40-23)19-4-5-19/h12-14,19H,4-11,15-18H2,1-3H3. The van der Waals surface area contributed by atoms with Crippen molar-refractivity contribution in [3.8, 4) is 11.5 Å². The SMILES string of the molecule is CC(C)(C)c1nc(C23CCC(CN(C(=O)C45CC(F)(C4)C5)c4cncc(-c5nc(C6CC6)no5)c4)(CC2)CC3)no1. The predicted octanol–water partition coefficient (Wildman–Crippen LogP) is 6.21. The lowest BCUT2D eigenvalue weighted by molar-refractivity contribution is -0.211. The van der Waals surface area contributed by atoms with Crippen molar-refractivity contribution in [3.63, 3.8) is 0 Å². The Bertz CT molecular complexity index is 1490. The number of rotatable bonds is 7. The molecule has 3 aromatic heterocycles. The average molecular weight is 561 g/mol. The van der Waals surface area contributed by atoms with Gasteiger partial charge in [-0.15, -0.1) is 0 Å². The van der Waals surface area contributed by atoms with Crippen LogP contribution in [0.25, 0.3) is 11.5 Å². The van der Waals surface area contributed by atoms with Crippen molar-refractivity contribution in [2.45, 2.75) is 114 Å². The van der Waals surface area contributed by atoms with Gasteiger partial charge < -0.3 is 13.9 Å². The molecule has 1 amide bonds. The number of carbonyl (C=O) groups is 1. The summed E-state index contributed by atoms with van der Waals surface area (Å²) in [6.07, 6.45) is 12.5. The average Bonchev–Trinajstić information content (AvgIpc) is 3.43. The Labute approximate surface area is 238 Å².